The summed E-state index contributed by atoms with van der Waals surface area (Å²) >= 11 is 3.42. The van der Waals surface area contributed by atoms with E-state index in [9.17, 15) is 5.11 Å². The van der Waals surface area contributed by atoms with Crippen molar-refractivity contribution in [1.82, 2.24) is 0 Å². The van der Waals surface area contributed by atoms with E-state index in [-0.39, 0.29) is 0 Å². The number of hydrogen-bond acceptors (Lipinski definition) is 2. The molecule has 0 unspecified atom stereocenters. The molecule has 5 heteroatoms. The first-order chi connectivity index (χ1) is 14.2. The molecular weight excluding hydrogens is 459 g/mol. The van der Waals surface area contributed by atoms with Crippen LogP contribution in [0.3, 0.4) is 0 Å². The number of fused-ring (bicyclic) bond motifs is 1. The summed E-state index contributed by atoms with van der Waals surface area (Å²) in [5, 5.41) is 13.6. The molecule has 1 N–H and O–H groups in total. The zero-order valence-corrected chi connectivity index (χ0v) is 21.8. The van der Waals surface area contributed by atoms with Crippen LogP contribution in [-0.4, -0.2) is 23.6 Å². The Labute approximate surface area is 191 Å². The molecule has 0 aliphatic rings. The average Bonchev–Trinajstić information content (AvgIpc) is 2.75. The van der Waals surface area contributed by atoms with Gasteiger partial charge in [0.1, 0.15) is 11.7 Å². The molecule has 0 spiro atoms. The third-order valence-electron chi connectivity index (χ3n) is 6.68. The van der Waals surface area contributed by atoms with Crippen molar-refractivity contribution >= 4 is 35.0 Å². The summed E-state index contributed by atoms with van der Waals surface area (Å²) in [6, 6.07) is 16.8. The quantitative estimate of drug-likeness (QED) is 0.236. The molecular formula is C25H38BrFO2Si. The molecule has 0 fully saturated rings. The third-order valence-corrected chi connectivity index (χ3v) is 12.4. The van der Waals surface area contributed by atoms with Crippen LogP contribution >= 0.6 is 15.9 Å². The summed E-state index contributed by atoms with van der Waals surface area (Å²) < 4.78 is 21.6. The maximum absolute atomic E-state index is 16.9. The van der Waals surface area contributed by atoms with Crippen molar-refractivity contribution in [2.75, 3.05) is 0 Å². The smallest absolute Gasteiger partial charge is 0.222 e. The molecule has 0 amide bonds. The van der Waals surface area contributed by atoms with Crippen molar-refractivity contribution in [2.24, 2.45) is 0 Å². The zero-order valence-electron chi connectivity index (χ0n) is 19.2. The van der Waals surface area contributed by atoms with E-state index >= 15 is 4.39 Å². The molecule has 2 aromatic rings. The topological polar surface area (TPSA) is 29.5 Å². The Balaban J connectivity index is 2.72. The maximum atomic E-state index is 16.9. The number of alkyl halides is 2. The van der Waals surface area contributed by atoms with E-state index in [4.69, 9.17) is 4.43 Å². The number of aliphatic hydroxyl groups is 1. The van der Waals surface area contributed by atoms with Gasteiger partial charge in [-0.3, -0.25) is 0 Å². The first kappa shape index (κ1) is 25.5. The minimum absolute atomic E-state index is 0.381. The van der Waals surface area contributed by atoms with E-state index in [1.807, 2.05) is 56.3 Å². The lowest BCUT2D eigenvalue weighted by molar-refractivity contribution is -0.110. The molecule has 2 atom stereocenters. The van der Waals surface area contributed by atoms with Crippen LogP contribution in [0.5, 0.6) is 0 Å². The number of rotatable bonds is 12. The fraction of sp³-hybridized carbons (Fsp3) is 0.600. The van der Waals surface area contributed by atoms with Crippen LogP contribution in [-0.2, 0) is 4.43 Å². The summed E-state index contributed by atoms with van der Waals surface area (Å²) in [6.45, 7) is 10.4. The predicted octanol–water partition coefficient (Wildman–Crippen LogP) is 8.29. The second-order valence-corrected chi connectivity index (χ2v) is 14.3. The highest BCUT2D eigenvalue weighted by Gasteiger charge is 2.56. The summed E-state index contributed by atoms with van der Waals surface area (Å²) in [6.07, 6.45) is 1.29. The molecule has 0 radical (unpaired) electrons. The largest absolute Gasteiger partial charge is 0.406 e. The van der Waals surface area contributed by atoms with Crippen LogP contribution in [0.4, 0.5) is 4.39 Å². The Kier molecular flexibility index (Phi) is 9.11. The van der Waals surface area contributed by atoms with Crippen LogP contribution in [0.15, 0.2) is 42.5 Å². The predicted molar refractivity (Wildman–Crippen MR) is 133 cm³/mol. The van der Waals surface area contributed by atoms with Crippen LogP contribution in [0.25, 0.3) is 10.8 Å². The van der Waals surface area contributed by atoms with E-state index in [1.165, 1.54) is 0 Å². The van der Waals surface area contributed by atoms with Crippen molar-refractivity contribution in [1.29, 1.82) is 0 Å². The molecule has 168 valence electrons. The Morgan fingerprint density at radius 1 is 0.933 bits per heavy atom. The van der Waals surface area contributed by atoms with Crippen LogP contribution in [0.2, 0.25) is 18.1 Å². The lowest BCUT2D eigenvalue weighted by Crippen LogP contribution is -2.54. The first-order valence-electron chi connectivity index (χ1n) is 11.5. The normalized spacial score (nSPS) is 15.9. The van der Waals surface area contributed by atoms with Crippen molar-refractivity contribution in [2.45, 2.75) is 94.7 Å². The van der Waals surface area contributed by atoms with Gasteiger partial charge in [0.25, 0.3) is 0 Å². The standard InChI is InChI=1S/C25H38BrFO2Si/c1-6-18-24(28,19-7-2)25(26,27)23(29-30(8-3,9-4)10-5)22-17-13-15-20-14-11-12-16-21(20)22/h11-17,23,28H,6-10,18-19H2,1-5H3/t23-,25-/m0/s1. The Morgan fingerprint density at radius 3 is 2.00 bits per heavy atom. The summed E-state index contributed by atoms with van der Waals surface area (Å²) in [5.41, 5.74) is -0.696. The lowest BCUT2D eigenvalue weighted by atomic mass is 9.82. The molecule has 0 saturated carbocycles. The molecule has 0 aliphatic heterocycles. The molecule has 0 bridgehead atoms. The van der Waals surface area contributed by atoms with Gasteiger partial charge in [0.15, 0.2) is 8.32 Å². The van der Waals surface area contributed by atoms with E-state index in [1.54, 1.807) is 0 Å². The number of hydrogen-bond donors (Lipinski definition) is 1. The van der Waals surface area contributed by atoms with Gasteiger partial charge in [-0.25, -0.2) is 4.39 Å². The average molecular weight is 498 g/mol. The number of halogens is 2. The molecule has 2 aromatic carbocycles. The van der Waals surface area contributed by atoms with Crippen LogP contribution in [0, 0.1) is 0 Å². The Morgan fingerprint density at radius 2 is 1.47 bits per heavy atom. The van der Waals surface area contributed by atoms with Gasteiger partial charge in [-0.15, -0.1) is 0 Å². The molecule has 2 nitrogen and oxygen atoms in total. The second kappa shape index (κ2) is 10.7. The van der Waals surface area contributed by atoms with E-state index in [0.717, 1.165) is 34.5 Å². The second-order valence-electron chi connectivity index (χ2n) is 8.46. The fourth-order valence-corrected chi connectivity index (χ4v) is 8.29. The molecule has 0 heterocycles. The van der Waals surface area contributed by atoms with Crippen LogP contribution in [0.1, 0.15) is 72.0 Å². The maximum Gasteiger partial charge on any atom is 0.222 e. The van der Waals surface area contributed by atoms with Gasteiger partial charge in [-0.2, -0.15) is 0 Å². The third kappa shape index (κ3) is 5.00. The SMILES string of the molecule is CCCC(O)(CCC)[C@](F)(Br)[C@@H](O[Si](CC)(CC)CC)c1cccc2ccccc12. The highest BCUT2D eigenvalue weighted by Crippen LogP contribution is 2.52. The van der Waals surface area contributed by atoms with Gasteiger partial charge >= 0.3 is 0 Å². The minimum Gasteiger partial charge on any atom is -0.406 e. The monoisotopic (exact) mass is 496 g/mol. The Bertz CT molecular complexity index is 787. The van der Waals surface area contributed by atoms with Crippen molar-refractivity contribution in [3.8, 4) is 0 Å². The van der Waals surface area contributed by atoms with Crippen molar-refractivity contribution in [3.05, 3.63) is 48.0 Å². The Hall–Kier alpha value is -0.753. The van der Waals surface area contributed by atoms with Gasteiger partial charge in [0, 0.05) is 0 Å². The molecule has 0 aromatic heterocycles. The highest BCUT2D eigenvalue weighted by atomic mass is 79.9. The van der Waals surface area contributed by atoms with Gasteiger partial charge < -0.3 is 9.53 Å². The van der Waals surface area contributed by atoms with Gasteiger partial charge in [0.2, 0.25) is 4.58 Å². The van der Waals surface area contributed by atoms with Crippen molar-refractivity contribution < 1.29 is 13.9 Å². The fourth-order valence-electron chi connectivity index (χ4n) is 4.59. The summed E-state index contributed by atoms with van der Waals surface area (Å²) in [7, 11) is -2.17. The van der Waals surface area contributed by atoms with E-state index in [0.29, 0.717) is 25.7 Å². The number of benzene rings is 2. The molecule has 2 rings (SSSR count). The van der Waals surface area contributed by atoms with Gasteiger partial charge in [-0.05, 0) is 63.2 Å². The lowest BCUT2D eigenvalue weighted by Gasteiger charge is -2.46. The molecule has 0 saturated heterocycles. The van der Waals surface area contributed by atoms with Gasteiger partial charge in [0.05, 0.1) is 0 Å². The summed E-state index contributed by atoms with van der Waals surface area (Å²) in [5.74, 6) is 0. The van der Waals surface area contributed by atoms with E-state index < -0.39 is 24.6 Å². The van der Waals surface area contributed by atoms with E-state index in [2.05, 4.69) is 36.7 Å². The van der Waals surface area contributed by atoms with Crippen LogP contribution < -0.4 is 0 Å². The van der Waals surface area contributed by atoms with Crippen molar-refractivity contribution in [3.63, 3.8) is 0 Å². The van der Waals surface area contributed by atoms with Gasteiger partial charge in [-0.1, -0.05) is 89.9 Å². The minimum atomic E-state index is -2.17. The molecule has 0 aliphatic carbocycles. The highest BCUT2D eigenvalue weighted by molar-refractivity contribution is 9.10. The summed E-state index contributed by atoms with van der Waals surface area (Å²) in [4.78, 5) is 0. The first-order valence-corrected chi connectivity index (χ1v) is 14.8. The molecule has 30 heavy (non-hydrogen) atoms. The zero-order chi connectivity index (χ0) is 22.4.